The molecular formula is C23H21ClN2O2S2. The number of carbonyl (C=O) groups is 2. The fraction of sp³-hybridized carbons (Fsp3) is 0.217. The molecule has 4 rings (SSSR count). The average Bonchev–Trinajstić information content (AvgIpc) is 3.13. The van der Waals surface area contributed by atoms with Crippen LogP contribution < -0.4 is 10.2 Å². The first-order valence-corrected chi connectivity index (χ1v) is 11.9. The smallest absolute Gasteiger partial charge is 0.251 e. The Kier molecular flexibility index (Phi) is 6.18. The van der Waals surface area contributed by atoms with Gasteiger partial charge in [0.25, 0.3) is 5.91 Å². The van der Waals surface area contributed by atoms with E-state index in [2.05, 4.69) is 11.4 Å². The topological polar surface area (TPSA) is 49.4 Å². The number of carbonyl (C=O) groups excluding carboxylic acids is 2. The van der Waals surface area contributed by atoms with Gasteiger partial charge in [-0.1, -0.05) is 23.7 Å². The van der Waals surface area contributed by atoms with Crippen LogP contribution >= 0.6 is 34.7 Å². The molecule has 0 spiro atoms. The van der Waals surface area contributed by atoms with E-state index in [4.69, 9.17) is 11.6 Å². The van der Waals surface area contributed by atoms with Crippen LogP contribution in [0, 0.1) is 13.8 Å². The normalized spacial score (nSPS) is 13.3. The van der Waals surface area contributed by atoms with Gasteiger partial charge in [-0.15, -0.1) is 23.1 Å². The number of nitrogens with one attached hydrogen (secondary N) is 1. The Morgan fingerprint density at radius 1 is 1.17 bits per heavy atom. The van der Waals surface area contributed by atoms with Gasteiger partial charge < -0.3 is 5.32 Å². The van der Waals surface area contributed by atoms with Crippen molar-refractivity contribution in [3.05, 3.63) is 74.4 Å². The molecule has 30 heavy (non-hydrogen) atoms. The highest BCUT2D eigenvalue weighted by Gasteiger charge is 2.27. The Labute approximate surface area is 189 Å². The number of hydrogen-bond donors (Lipinski definition) is 1. The highest BCUT2D eigenvalue weighted by atomic mass is 35.5. The van der Waals surface area contributed by atoms with E-state index in [1.54, 1.807) is 34.1 Å². The molecule has 4 nitrogen and oxygen atoms in total. The van der Waals surface area contributed by atoms with Gasteiger partial charge in [-0.05, 0) is 60.7 Å². The lowest BCUT2D eigenvalue weighted by atomic mass is 10.1. The van der Waals surface area contributed by atoms with Crippen molar-refractivity contribution in [1.82, 2.24) is 5.32 Å². The molecule has 2 heterocycles. The zero-order valence-corrected chi connectivity index (χ0v) is 19.1. The van der Waals surface area contributed by atoms with Gasteiger partial charge in [0.2, 0.25) is 5.91 Å². The lowest BCUT2D eigenvalue weighted by Crippen LogP contribution is -2.31. The molecule has 1 aliphatic rings. The minimum Gasteiger partial charge on any atom is -0.352 e. The van der Waals surface area contributed by atoms with Crippen LogP contribution in [0.2, 0.25) is 5.02 Å². The Morgan fingerprint density at radius 3 is 2.77 bits per heavy atom. The second-order valence-corrected chi connectivity index (χ2v) is 9.61. The molecule has 7 heteroatoms. The molecule has 1 aliphatic heterocycles. The van der Waals surface area contributed by atoms with Crippen molar-refractivity contribution in [2.75, 3.05) is 17.2 Å². The first-order valence-electron chi connectivity index (χ1n) is 9.61. The third kappa shape index (κ3) is 4.26. The Hall–Kier alpha value is -2.28. The Morgan fingerprint density at radius 2 is 2.00 bits per heavy atom. The van der Waals surface area contributed by atoms with Crippen molar-refractivity contribution < 1.29 is 9.59 Å². The number of halogens is 1. The number of nitrogens with zero attached hydrogens (tertiary/aromatic N) is 1. The summed E-state index contributed by atoms with van der Waals surface area (Å²) in [5, 5.41) is 5.66. The quantitative estimate of drug-likeness (QED) is 0.530. The first-order chi connectivity index (χ1) is 14.4. The number of rotatable bonds is 5. The molecule has 1 N–H and O–H groups in total. The summed E-state index contributed by atoms with van der Waals surface area (Å²) in [6.45, 7) is 4.45. The fourth-order valence-corrected chi connectivity index (χ4v) is 5.54. The van der Waals surface area contributed by atoms with Gasteiger partial charge >= 0.3 is 0 Å². The first kappa shape index (κ1) is 21.0. The molecule has 2 aromatic carbocycles. The molecule has 0 aliphatic carbocycles. The summed E-state index contributed by atoms with van der Waals surface area (Å²) in [6, 6.07) is 13.5. The maximum absolute atomic E-state index is 12.8. The molecule has 2 amide bonds. The Balaban J connectivity index is 1.57. The van der Waals surface area contributed by atoms with Crippen LogP contribution in [-0.2, 0) is 11.2 Å². The minimum atomic E-state index is -0.148. The summed E-state index contributed by atoms with van der Waals surface area (Å²) in [6.07, 6.45) is 0.690. The van der Waals surface area contributed by atoms with E-state index in [1.165, 1.54) is 0 Å². The lowest BCUT2D eigenvalue weighted by Gasteiger charge is -2.29. The van der Waals surface area contributed by atoms with Crippen molar-refractivity contribution in [3.8, 4) is 0 Å². The highest BCUT2D eigenvalue weighted by molar-refractivity contribution is 8.00. The summed E-state index contributed by atoms with van der Waals surface area (Å²) in [5.41, 5.74) is 4.18. The van der Waals surface area contributed by atoms with Gasteiger partial charge in [-0.3, -0.25) is 14.5 Å². The number of thioether (sulfide) groups is 1. The van der Waals surface area contributed by atoms with E-state index >= 15 is 0 Å². The van der Waals surface area contributed by atoms with Crippen LogP contribution in [0.3, 0.4) is 0 Å². The molecule has 0 saturated heterocycles. The molecule has 154 valence electrons. The molecule has 0 fully saturated rings. The molecule has 0 saturated carbocycles. The molecular weight excluding hydrogens is 436 g/mol. The van der Waals surface area contributed by atoms with Crippen molar-refractivity contribution in [2.24, 2.45) is 0 Å². The lowest BCUT2D eigenvalue weighted by molar-refractivity contribution is -0.115. The van der Waals surface area contributed by atoms with Crippen LogP contribution in [0.15, 0.2) is 52.7 Å². The number of benzene rings is 2. The van der Waals surface area contributed by atoms with Gasteiger partial charge in [0.1, 0.15) is 0 Å². The SMILES string of the molecule is Cc1ccc2c(c1)SCC(=O)N2c1ccc(C)c(C(=O)NCCc2sccc2Cl)c1. The molecule has 3 aromatic rings. The van der Waals surface area contributed by atoms with E-state index in [0.717, 1.165) is 31.6 Å². The number of thiophene rings is 1. The Bertz CT molecular complexity index is 1130. The highest BCUT2D eigenvalue weighted by Crippen LogP contribution is 2.40. The van der Waals surface area contributed by atoms with Crippen LogP contribution in [0.4, 0.5) is 11.4 Å². The predicted molar refractivity (Wildman–Crippen MR) is 126 cm³/mol. The molecule has 0 unspecified atom stereocenters. The number of anilines is 2. The van der Waals surface area contributed by atoms with Crippen molar-refractivity contribution in [1.29, 1.82) is 0 Å². The average molecular weight is 457 g/mol. The van der Waals surface area contributed by atoms with Crippen LogP contribution in [0.1, 0.15) is 26.4 Å². The van der Waals surface area contributed by atoms with Crippen molar-refractivity contribution >= 4 is 57.9 Å². The van der Waals surface area contributed by atoms with Gasteiger partial charge in [-0.2, -0.15) is 0 Å². The predicted octanol–water partition coefficient (Wildman–Crippen LogP) is 5.76. The summed E-state index contributed by atoms with van der Waals surface area (Å²) in [4.78, 5) is 29.4. The number of fused-ring (bicyclic) bond motifs is 1. The number of amides is 2. The molecule has 1 aromatic heterocycles. The second kappa shape index (κ2) is 8.84. The zero-order valence-electron chi connectivity index (χ0n) is 16.7. The molecule has 0 bridgehead atoms. The number of hydrogen-bond acceptors (Lipinski definition) is 4. The van der Waals surface area contributed by atoms with Gasteiger partial charge in [0.05, 0.1) is 16.5 Å². The molecule has 0 radical (unpaired) electrons. The van der Waals surface area contributed by atoms with E-state index in [9.17, 15) is 9.59 Å². The van der Waals surface area contributed by atoms with Gasteiger partial charge in [0, 0.05) is 34.0 Å². The maximum atomic E-state index is 12.8. The minimum absolute atomic E-state index is 0.0129. The van der Waals surface area contributed by atoms with E-state index in [0.29, 0.717) is 30.0 Å². The van der Waals surface area contributed by atoms with Gasteiger partial charge in [0.15, 0.2) is 0 Å². The van der Waals surface area contributed by atoms with Gasteiger partial charge in [-0.25, -0.2) is 0 Å². The standard InChI is InChI=1S/C23H21ClN2O2S2/c1-14-3-6-19-21(11-14)30-13-22(27)26(19)16-5-4-15(2)17(12-16)23(28)25-9-7-20-18(24)8-10-29-20/h3-6,8,10-12H,7,9,13H2,1-2H3,(H,25,28). The van der Waals surface area contributed by atoms with E-state index in [-0.39, 0.29) is 11.8 Å². The summed E-state index contributed by atoms with van der Waals surface area (Å²) in [7, 11) is 0. The third-order valence-electron chi connectivity index (χ3n) is 5.01. The monoisotopic (exact) mass is 456 g/mol. The number of aryl methyl sites for hydroxylation is 2. The zero-order chi connectivity index (χ0) is 21.3. The largest absolute Gasteiger partial charge is 0.352 e. The van der Waals surface area contributed by atoms with Crippen LogP contribution in [0.5, 0.6) is 0 Å². The molecule has 0 atom stereocenters. The van der Waals surface area contributed by atoms with E-state index in [1.807, 2.05) is 49.6 Å². The summed E-state index contributed by atoms with van der Waals surface area (Å²) >= 11 is 9.27. The van der Waals surface area contributed by atoms with Crippen molar-refractivity contribution in [2.45, 2.75) is 25.2 Å². The van der Waals surface area contributed by atoms with Crippen molar-refractivity contribution in [3.63, 3.8) is 0 Å². The fourth-order valence-electron chi connectivity index (χ4n) is 3.43. The van der Waals surface area contributed by atoms with Crippen LogP contribution in [-0.4, -0.2) is 24.1 Å². The maximum Gasteiger partial charge on any atom is 0.251 e. The van der Waals surface area contributed by atoms with E-state index < -0.39 is 0 Å². The summed E-state index contributed by atoms with van der Waals surface area (Å²) in [5.74, 6) is 0.247. The summed E-state index contributed by atoms with van der Waals surface area (Å²) < 4.78 is 0. The second-order valence-electron chi connectivity index (χ2n) is 7.19. The van der Waals surface area contributed by atoms with Crippen LogP contribution in [0.25, 0.3) is 0 Å². The third-order valence-corrected chi connectivity index (χ3v) is 7.49.